The highest BCUT2D eigenvalue weighted by atomic mass is 32.2. The van der Waals surface area contributed by atoms with E-state index in [-0.39, 0.29) is 11.3 Å². The molecule has 28 heavy (non-hydrogen) atoms. The molecule has 11 heteroatoms. The van der Waals surface area contributed by atoms with Crippen molar-refractivity contribution < 1.29 is 14.1 Å². The van der Waals surface area contributed by atoms with Gasteiger partial charge in [-0.25, -0.2) is 0 Å². The van der Waals surface area contributed by atoms with Crippen LogP contribution in [0.25, 0.3) is 17.4 Å². The van der Waals surface area contributed by atoms with Gasteiger partial charge in [0, 0.05) is 35.3 Å². The summed E-state index contributed by atoms with van der Waals surface area (Å²) >= 11 is 2.36. The van der Waals surface area contributed by atoms with Crippen molar-refractivity contribution in [2.45, 2.75) is 5.16 Å². The largest absolute Gasteiger partial charge is 0.457 e. The third-order valence-electron chi connectivity index (χ3n) is 3.45. The Labute approximate surface area is 167 Å². The standard InChI is InChI=1S/C17H11N5O4S2/c1-27-17-20-16(28-21-17)19-15(23)11(9-18)8-13-6-7-14(26-13)10-2-4-12(5-3-10)22(24)25/h2-8H,1H3,(H,19,20,21,23). The normalized spacial score (nSPS) is 11.1. The van der Waals surface area contributed by atoms with Crippen LogP contribution in [0.5, 0.6) is 0 Å². The van der Waals surface area contributed by atoms with Crippen LogP contribution in [0.1, 0.15) is 5.76 Å². The van der Waals surface area contributed by atoms with E-state index in [1.165, 1.54) is 30.0 Å². The number of hydrogen-bond donors (Lipinski definition) is 1. The van der Waals surface area contributed by atoms with Crippen molar-refractivity contribution in [3.8, 4) is 17.4 Å². The molecule has 0 unspecified atom stereocenters. The number of nitro benzene ring substituents is 1. The lowest BCUT2D eigenvalue weighted by Crippen LogP contribution is -2.13. The third-order valence-corrected chi connectivity index (χ3v) is 4.75. The van der Waals surface area contributed by atoms with E-state index in [0.717, 1.165) is 11.5 Å². The Kier molecular flexibility index (Phi) is 5.83. The minimum atomic E-state index is -0.625. The molecular weight excluding hydrogens is 402 g/mol. The molecule has 0 radical (unpaired) electrons. The number of aromatic nitrogens is 2. The highest BCUT2D eigenvalue weighted by Gasteiger charge is 2.14. The molecule has 2 aromatic heterocycles. The molecule has 0 spiro atoms. The Morgan fingerprint density at radius 1 is 1.36 bits per heavy atom. The monoisotopic (exact) mass is 413 g/mol. The van der Waals surface area contributed by atoms with Gasteiger partial charge in [-0.05, 0) is 30.5 Å². The molecule has 3 aromatic rings. The molecule has 0 aliphatic rings. The van der Waals surface area contributed by atoms with Crippen molar-refractivity contribution >= 4 is 46.1 Å². The second-order valence-electron chi connectivity index (χ2n) is 5.22. The second kappa shape index (κ2) is 8.47. The summed E-state index contributed by atoms with van der Waals surface area (Å²) in [5.41, 5.74) is 0.442. The van der Waals surface area contributed by atoms with Gasteiger partial charge in [-0.3, -0.25) is 20.2 Å². The Morgan fingerprint density at radius 2 is 2.11 bits per heavy atom. The summed E-state index contributed by atoms with van der Waals surface area (Å²) in [5, 5.41) is 23.3. The van der Waals surface area contributed by atoms with Gasteiger partial charge in [0.2, 0.25) is 10.3 Å². The van der Waals surface area contributed by atoms with E-state index in [1.54, 1.807) is 24.3 Å². The number of benzene rings is 1. The first-order chi connectivity index (χ1) is 13.5. The zero-order valence-corrected chi connectivity index (χ0v) is 15.9. The van der Waals surface area contributed by atoms with E-state index < -0.39 is 10.8 Å². The molecule has 0 saturated heterocycles. The number of furan rings is 1. The molecule has 0 bridgehead atoms. The Balaban J connectivity index is 1.76. The van der Waals surface area contributed by atoms with Crippen LogP contribution in [0.4, 0.5) is 10.8 Å². The summed E-state index contributed by atoms with van der Waals surface area (Å²) in [5.74, 6) is 0.120. The molecular formula is C17H11N5O4S2. The van der Waals surface area contributed by atoms with Crippen LogP contribution in [0, 0.1) is 21.4 Å². The zero-order chi connectivity index (χ0) is 20.1. The topological polar surface area (TPSA) is 135 Å². The van der Waals surface area contributed by atoms with Crippen LogP contribution in [0.15, 0.2) is 51.5 Å². The minimum absolute atomic E-state index is 0.0276. The molecule has 1 N–H and O–H groups in total. The summed E-state index contributed by atoms with van der Waals surface area (Å²) in [6.45, 7) is 0. The van der Waals surface area contributed by atoms with Gasteiger partial charge in [-0.2, -0.15) is 14.6 Å². The van der Waals surface area contributed by atoms with Gasteiger partial charge in [-0.15, -0.1) is 0 Å². The Morgan fingerprint density at radius 3 is 2.71 bits per heavy atom. The van der Waals surface area contributed by atoms with Crippen LogP contribution in [-0.4, -0.2) is 26.4 Å². The van der Waals surface area contributed by atoms with Gasteiger partial charge in [0.25, 0.3) is 11.6 Å². The van der Waals surface area contributed by atoms with E-state index in [1.807, 2.05) is 12.3 Å². The van der Waals surface area contributed by atoms with Gasteiger partial charge in [-0.1, -0.05) is 11.8 Å². The lowest BCUT2D eigenvalue weighted by Gasteiger charge is -1.99. The van der Waals surface area contributed by atoms with Crippen LogP contribution in [0.2, 0.25) is 0 Å². The van der Waals surface area contributed by atoms with Crippen LogP contribution in [0.3, 0.4) is 0 Å². The van der Waals surface area contributed by atoms with Gasteiger partial charge >= 0.3 is 0 Å². The van der Waals surface area contributed by atoms with Crippen molar-refractivity contribution in [1.29, 1.82) is 5.26 Å². The van der Waals surface area contributed by atoms with Crippen molar-refractivity contribution in [3.63, 3.8) is 0 Å². The number of nitriles is 1. The summed E-state index contributed by atoms with van der Waals surface area (Å²) in [6.07, 6.45) is 3.12. The summed E-state index contributed by atoms with van der Waals surface area (Å²) in [7, 11) is 0. The first-order valence-electron chi connectivity index (χ1n) is 7.65. The number of nitro groups is 1. The number of amides is 1. The molecule has 0 aliphatic heterocycles. The van der Waals surface area contributed by atoms with Crippen LogP contribution in [-0.2, 0) is 4.79 Å². The quantitative estimate of drug-likeness (QED) is 0.211. The number of rotatable bonds is 6. The predicted molar refractivity (Wildman–Crippen MR) is 105 cm³/mol. The number of nitrogens with zero attached hydrogens (tertiary/aromatic N) is 4. The van der Waals surface area contributed by atoms with Crippen molar-refractivity contribution in [1.82, 2.24) is 9.36 Å². The number of thioether (sulfide) groups is 1. The van der Waals surface area contributed by atoms with Crippen molar-refractivity contribution in [2.75, 3.05) is 11.6 Å². The van der Waals surface area contributed by atoms with Crippen LogP contribution < -0.4 is 5.32 Å². The Hall–Kier alpha value is -3.49. The van der Waals surface area contributed by atoms with E-state index >= 15 is 0 Å². The maximum atomic E-state index is 12.2. The average molecular weight is 413 g/mol. The number of nitrogens with one attached hydrogen (secondary N) is 1. The molecule has 3 rings (SSSR count). The van der Waals surface area contributed by atoms with E-state index in [9.17, 15) is 20.2 Å². The van der Waals surface area contributed by atoms with Gasteiger partial charge in [0.1, 0.15) is 23.2 Å². The first-order valence-corrected chi connectivity index (χ1v) is 9.65. The smallest absolute Gasteiger partial charge is 0.269 e. The molecule has 0 fully saturated rings. The summed E-state index contributed by atoms with van der Waals surface area (Å²) in [6, 6.07) is 10.9. The molecule has 2 heterocycles. The lowest BCUT2D eigenvalue weighted by molar-refractivity contribution is -0.384. The highest BCUT2D eigenvalue weighted by Crippen LogP contribution is 2.25. The maximum Gasteiger partial charge on any atom is 0.269 e. The fraction of sp³-hybridized carbons (Fsp3) is 0.0588. The van der Waals surface area contributed by atoms with E-state index in [2.05, 4.69) is 14.7 Å². The SMILES string of the molecule is CSc1nsc(NC(=O)C(C#N)=Cc2ccc(-c3ccc([N+](=O)[O-])cc3)o2)n1. The molecule has 1 amide bonds. The van der Waals surface area contributed by atoms with Crippen LogP contribution >= 0.6 is 23.3 Å². The first kappa shape index (κ1) is 19.3. The van der Waals surface area contributed by atoms with Crippen molar-refractivity contribution in [2.24, 2.45) is 0 Å². The van der Waals surface area contributed by atoms with Gasteiger partial charge in [0.05, 0.1) is 4.92 Å². The van der Waals surface area contributed by atoms with Crippen molar-refractivity contribution in [3.05, 3.63) is 57.8 Å². The number of hydrogen-bond acceptors (Lipinski definition) is 9. The average Bonchev–Trinajstić information content (AvgIpc) is 3.35. The zero-order valence-electron chi connectivity index (χ0n) is 14.3. The van der Waals surface area contributed by atoms with E-state index in [0.29, 0.717) is 27.4 Å². The molecule has 140 valence electrons. The molecule has 0 atom stereocenters. The summed E-state index contributed by atoms with van der Waals surface area (Å²) < 4.78 is 9.64. The fourth-order valence-electron chi connectivity index (χ4n) is 2.13. The third kappa shape index (κ3) is 4.43. The minimum Gasteiger partial charge on any atom is -0.457 e. The highest BCUT2D eigenvalue weighted by molar-refractivity contribution is 7.98. The fourth-order valence-corrected chi connectivity index (χ4v) is 3.25. The molecule has 0 aliphatic carbocycles. The number of carbonyl (C=O) groups excluding carboxylic acids is 1. The number of anilines is 1. The lowest BCUT2D eigenvalue weighted by atomic mass is 10.1. The molecule has 1 aromatic carbocycles. The summed E-state index contributed by atoms with van der Waals surface area (Å²) in [4.78, 5) is 26.6. The molecule has 9 nitrogen and oxygen atoms in total. The number of non-ortho nitro benzene ring substituents is 1. The predicted octanol–water partition coefficient (Wildman–Crippen LogP) is 3.97. The Bertz CT molecular complexity index is 1100. The second-order valence-corrected chi connectivity index (χ2v) is 6.74. The molecule has 0 saturated carbocycles. The maximum absolute atomic E-state index is 12.2. The van der Waals surface area contributed by atoms with Gasteiger partial charge < -0.3 is 4.42 Å². The number of carbonyl (C=O) groups is 1. The van der Waals surface area contributed by atoms with Gasteiger partial charge in [0.15, 0.2) is 0 Å². The van der Waals surface area contributed by atoms with E-state index in [4.69, 9.17) is 4.42 Å².